The number of benzene rings is 4. The normalized spacial score (nSPS) is 11.4. The van der Waals surface area contributed by atoms with Gasteiger partial charge in [0.2, 0.25) is 0 Å². The number of hydrogen-bond donors (Lipinski definition) is 1. The molecule has 5 nitrogen and oxygen atoms in total. The molecule has 0 aliphatic heterocycles. The molecular weight excluding hydrogens is 462 g/mol. The predicted molar refractivity (Wildman–Crippen MR) is 151 cm³/mol. The number of para-hydroxylation sites is 2. The second kappa shape index (κ2) is 11.1. The fourth-order valence-corrected chi connectivity index (χ4v) is 4.63. The number of aliphatic imine (C=N–C) groups is 1. The van der Waals surface area contributed by atoms with Gasteiger partial charge >= 0.3 is 0 Å². The standard InChI is InChI=1S/C30H27N5S/c1-22-18-19-27(20-23(22)2)35-29(24-12-6-3-7-13-24)33-34-30(35)36-21-28(31-25-14-8-4-9-15-25)32-26-16-10-5-11-17-26/h3-20H,21H2,1-2H3,(H,31,32). The van der Waals surface area contributed by atoms with E-state index >= 15 is 0 Å². The maximum Gasteiger partial charge on any atom is 0.196 e. The zero-order chi connectivity index (χ0) is 24.7. The molecule has 0 saturated carbocycles. The average Bonchev–Trinajstić information content (AvgIpc) is 3.34. The van der Waals surface area contributed by atoms with Crippen LogP contribution in [-0.2, 0) is 0 Å². The summed E-state index contributed by atoms with van der Waals surface area (Å²) in [5.41, 5.74) is 6.45. The fraction of sp³-hybridized carbons (Fsp3) is 0.100. The third-order valence-corrected chi connectivity index (χ3v) is 6.77. The van der Waals surface area contributed by atoms with Crippen LogP contribution >= 0.6 is 11.8 Å². The maximum absolute atomic E-state index is 4.89. The minimum atomic E-state index is 0.599. The third kappa shape index (κ3) is 5.56. The second-order valence-electron chi connectivity index (χ2n) is 8.45. The van der Waals surface area contributed by atoms with E-state index in [4.69, 9.17) is 4.99 Å². The molecule has 6 heteroatoms. The molecule has 5 rings (SSSR count). The van der Waals surface area contributed by atoms with Gasteiger partial charge in [-0.15, -0.1) is 10.2 Å². The molecule has 0 unspecified atom stereocenters. The first-order valence-electron chi connectivity index (χ1n) is 11.8. The summed E-state index contributed by atoms with van der Waals surface area (Å²) in [5.74, 6) is 2.26. The Kier molecular flexibility index (Phi) is 7.24. The summed E-state index contributed by atoms with van der Waals surface area (Å²) in [6.07, 6.45) is 0. The van der Waals surface area contributed by atoms with E-state index < -0.39 is 0 Å². The van der Waals surface area contributed by atoms with Gasteiger partial charge in [0.15, 0.2) is 11.0 Å². The van der Waals surface area contributed by atoms with Crippen LogP contribution in [0.5, 0.6) is 0 Å². The van der Waals surface area contributed by atoms with Crippen molar-refractivity contribution in [1.29, 1.82) is 0 Å². The summed E-state index contributed by atoms with van der Waals surface area (Å²) >= 11 is 1.61. The summed E-state index contributed by atoms with van der Waals surface area (Å²) in [7, 11) is 0. The molecule has 0 bridgehead atoms. The Balaban J connectivity index is 1.50. The van der Waals surface area contributed by atoms with E-state index in [1.54, 1.807) is 11.8 Å². The smallest absolute Gasteiger partial charge is 0.196 e. The molecule has 0 atom stereocenters. The minimum Gasteiger partial charge on any atom is -0.343 e. The van der Waals surface area contributed by atoms with Crippen LogP contribution in [0, 0.1) is 13.8 Å². The first-order valence-corrected chi connectivity index (χ1v) is 12.8. The van der Waals surface area contributed by atoms with Gasteiger partial charge in [-0.1, -0.05) is 84.6 Å². The van der Waals surface area contributed by atoms with E-state index in [0.717, 1.165) is 39.4 Å². The van der Waals surface area contributed by atoms with Crippen LogP contribution in [0.1, 0.15) is 11.1 Å². The summed E-state index contributed by atoms with van der Waals surface area (Å²) in [6, 6.07) is 36.7. The van der Waals surface area contributed by atoms with E-state index in [9.17, 15) is 0 Å². The SMILES string of the molecule is Cc1ccc(-n2c(SCC(=Nc3ccccc3)Nc3ccccc3)nnc2-c2ccccc2)cc1C. The van der Waals surface area contributed by atoms with Crippen LogP contribution in [0.3, 0.4) is 0 Å². The fourth-order valence-electron chi connectivity index (χ4n) is 3.81. The van der Waals surface area contributed by atoms with Gasteiger partial charge in [-0.25, -0.2) is 4.99 Å². The van der Waals surface area contributed by atoms with Gasteiger partial charge in [0.25, 0.3) is 0 Å². The van der Waals surface area contributed by atoms with Crippen molar-refractivity contribution >= 4 is 29.0 Å². The van der Waals surface area contributed by atoms with Gasteiger partial charge in [0.1, 0.15) is 5.84 Å². The molecule has 0 aliphatic rings. The molecule has 0 radical (unpaired) electrons. The lowest BCUT2D eigenvalue weighted by atomic mass is 10.1. The van der Waals surface area contributed by atoms with E-state index in [1.807, 2.05) is 78.9 Å². The van der Waals surface area contributed by atoms with Crippen molar-refractivity contribution in [3.05, 3.63) is 120 Å². The highest BCUT2D eigenvalue weighted by Crippen LogP contribution is 2.29. The van der Waals surface area contributed by atoms with Crippen molar-refractivity contribution in [3.8, 4) is 17.1 Å². The summed E-state index contributed by atoms with van der Waals surface area (Å²) in [5, 5.41) is 13.5. The molecular formula is C30H27N5S. The largest absolute Gasteiger partial charge is 0.343 e. The van der Waals surface area contributed by atoms with Gasteiger partial charge in [-0.2, -0.15) is 0 Å². The number of anilines is 1. The zero-order valence-electron chi connectivity index (χ0n) is 20.3. The van der Waals surface area contributed by atoms with E-state index in [1.165, 1.54) is 11.1 Å². The van der Waals surface area contributed by atoms with Gasteiger partial charge in [0.05, 0.1) is 17.1 Å². The summed E-state index contributed by atoms with van der Waals surface area (Å²) < 4.78 is 2.13. The Bertz CT molecular complexity index is 1460. The average molecular weight is 490 g/mol. The highest BCUT2D eigenvalue weighted by Gasteiger charge is 2.17. The van der Waals surface area contributed by atoms with Crippen molar-refractivity contribution in [3.63, 3.8) is 0 Å². The molecule has 1 N–H and O–H groups in total. The van der Waals surface area contributed by atoms with Gasteiger partial charge in [-0.3, -0.25) is 4.57 Å². The Hall–Kier alpha value is -4.16. The van der Waals surface area contributed by atoms with Crippen LogP contribution in [0.25, 0.3) is 17.1 Å². The molecule has 0 aliphatic carbocycles. The Morgan fingerprint density at radius 3 is 2.14 bits per heavy atom. The number of aromatic nitrogens is 3. The molecule has 1 aromatic heterocycles. The maximum atomic E-state index is 4.89. The zero-order valence-corrected chi connectivity index (χ0v) is 21.1. The number of hydrogen-bond acceptors (Lipinski definition) is 4. The first-order chi connectivity index (χ1) is 17.7. The lowest BCUT2D eigenvalue weighted by Gasteiger charge is -2.13. The van der Waals surface area contributed by atoms with E-state index in [-0.39, 0.29) is 0 Å². The molecule has 0 fully saturated rings. The number of amidine groups is 1. The van der Waals surface area contributed by atoms with Crippen LogP contribution in [0.4, 0.5) is 11.4 Å². The molecule has 178 valence electrons. The highest BCUT2D eigenvalue weighted by atomic mass is 32.2. The van der Waals surface area contributed by atoms with Crippen molar-refractivity contribution in [2.24, 2.45) is 4.99 Å². The predicted octanol–water partition coefficient (Wildman–Crippen LogP) is 7.49. The van der Waals surface area contributed by atoms with Crippen molar-refractivity contribution in [2.75, 3.05) is 11.1 Å². The molecule has 0 saturated heterocycles. The quantitative estimate of drug-likeness (QED) is 0.146. The van der Waals surface area contributed by atoms with Gasteiger partial charge in [0, 0.05) is 11.3 Å². The Morgan fingerprint density at radius 2 is 1.44 bits per heavy atom. The number of nitrogens with zero attached hydrogens (tertiary/aromatic N) is 4. The highest BCUT2D eigenvalue weighted by molar-refractivity contribution is 7.99. The molecule has 1 heterocycles. The molecule has 5 aromatic rings. The van der Waals surface area contributed by atoms with Crippen LogP contribution in [0.15, 0.2) is 119 Å². The van der Waals surface area contributed by atoms with Crippen molar-refractivity contribution in [2.45, 2.75) is 19.0 Å². The molecule has 0 amide bonds. The summed E-state index contributed by atoms with van der Waals surface area (Å²) in [6.45, 7) is 4.26. The number of aryl methyl sites for hydroxylation is 2. The van der Waals surface area contributed by atoms with Crippen molar-refractivity contribution in [1.82, 2.24) is 14.8 Å². The van der Waals surface area contributed by atoms with Gasteiger partial charge in [-0.05, 0) is 61.4 Å². The number of thioether (sulfide) groups is 1. The Labute approximate surface area is 216 Å². The second-order valence-corrected chi connectivity index (χ2v) is 9.39. The Morgan fingerprint density at radius 1 is 0.778 bits per heavy atom. The minimum absolute atomic E-state index is 0.599. The van der Waals surface area contributed by atoms with Gasteiger partial charge < -0.3 is 5.32 Å². The monoisotopic (exact) mass is 489 g/mol. The first kappa shape index (κ1) is 23.6. The van der Waals surface area contributed by atoms with Crippen molar-refractivity contribution < 1.29 is 0 Å². The lowest BCUT2D eigenvalue weighted by Crippen LogP contribution is -2.15. The van der Waals surface area contributed by atoms with Crippen LogP contribution in [0.2, 0.25) is 0 Å². The summed E-state index contributed by atoms with van der Waals surface area (Å²) in [4.78, 5) is 4.89. The van der Waals surface area contributed by atoms with Crippen LogP contribution < -0.4 is 5.32 Å². The topological polar surface area (TPSA) is 55.1 Å². The molecule has 4 aromatic carbocycles. The molecule has 0 spiro atoms. The lowest BCUT2D eigenvalue weighted by molar-refractivity contribution is 0.886. The number of rotatable bonds is 7. The van der Waals surface area contributed by atoms with E-state index in [0.29, 0.717) is 5.75 Å². The third-order valence-electron chi connectivity index (χ3n) is 5.83. The van der Waals surface area contributed by atoms with Crippen LogP contribution in [-0.4, -0.2) is 26.4 Å². The molecule has 36 heavy (non-hydrogen) atoms. The number of nitrogens with one attached hydrogen (secondary N) is 1. The van der Waals surface area contributed by atoms with E-state index in [2.05, 4.69) is 64.3 Å².